The van der Waals surface area contributed by atoms with Gasteiger partial charge in [0.1, 0.15) is 5.75 Å². The van der Waals surface area contributed by atoms with Crippen molar-refractivity contribution in [1.82, 2.24) is 4.90 Å². The van der Waals surface area contributed by atoms with Gasteiger partial charge < -0.3 is 0 Å². The summed E-state index contributed by atoms with van der Waals surface area (Å²) in [6.07, 6.45) is 2.54. The highest BCUT2D eigenvalue weighted by atomic mass is 35.5. The third-order valence-electron chi connectivity index (χ3n) is 2.60. The first-order valence-corrected chi connectivity index (χ1v) is 8.25. The zero-order valence-electron chi connectivity index (χ0n) is 11.5. The van der Waals surface area contributed by atoms with Crippen molar-refractivity contribution in [2.45, 2.75) is 13.5 Å². The number of hydrogen-bond acceptors (Lipinski definition) is 5. The van der Waals surface area contributed by atoms with Crippen LogP contribution in [-0.2, 0) is 21.2 Å². The fourth-order valence-corrected chi connectivity index (χ4v) is 2.39. The van der Waals surface area contributed by atoms with E-state index in [-0.39, 0.29) is 17.4 Å². The van der Waals surface area contributed by atoms with Gasteiger partial charge in [0, 0.05) is 16.8 Å². The average Bonchev–Trinajstić information content (AvgIpc) is 2.34. The van der Waals surface area contributed by atoms with Crippen LogP contribution < -0.4 is 0 Å². The molecular weight excluding hydrogens is 316 g/mol. The molecule has 8 heteroatoms. The van der Waals surface area contributed by atoms with Gasteiger partial charge in [-0.2, -0.15) is 5.26 Å². The van der Waals surface area contributed by atoms with Crippen LogP contribution in [0.2, 0.25) is 5.02 Å². The number of hydrogen-bond donors (Lipinski definition) is 0. The van der Waals surface area contributed by atoms with Gasteiger partial charge in [0.2, 0.25) is 0 Å². The Morgan fingerprint density at radius 2 is 2.00 bits per heavy atom. The van der Waals surface area contributed by atoms with E-state index in [1.807, 2.05) is 0 Å². The Balaban J connectivity index is 2.95. The molecule has 6 nitrogen and oxygen atoms in total. The first-order chi connectivity index (χ1) is 9.64. The molecule has 21 heavy (non-hydrogen) atoms. The van der Waals surface area contributed by atoms with E-state index in [9.17, 15) is 18.0 Å². The fraction of sp³-hybridized carbons (Fsp3) is 0.308. The maximum Gasteiger partial charge on any atom is 0.251 e. The summed E-state index contributed by atoms with van der Waals surface area (Å²) in [7, 11) is -3.52. The number of carbonyl (C=O) groups is 2. The number of benzene rings is 1. The molecule has 0 aromatic heterocycles. The summed E-state index contributed by atoms with van der Waals surface area (Å²) in [5.41, 5.74) is 0.861. The third-order valence-corrected chi connectivity index (χ3v) is 3.72. The normalized spacial score (nSPS) is 10.8. The second-order valence-corrected chi connectivity index (χ2v) is 7.06. The maximum atomic E-state index is 11.7. The molecule has 1 rings (SSSR count). The minimum Gasteiger partial charge on any atom is -0.295 e. The minimum absolute atomic E-state index is 0.151. The van der Waals surface area contributed by atoms with E-state index in [1.165, 1.54) is 25.1 Å². The van der Waals surface area contributed by atoms with Gasteiger partial charge in [-0.25, -0.2) is 13.3 Å². The number of sulfone groups is 1. The van der Waals surface area contributed by atoms with Crippen LogP contribution in [-0.4, -0.2) is 37.0 Å². The lowest BCUT2D eigenvalue weighted by Gasteiger charge is -2.14. The molecule has 0 saturated carbocycles. The second-order valence-electron chi connectivity index (χ2n) is 4.51. The molecular formula is C13H13ClN2O4S. The summed E-state index contributed by atoms with van der Waals surface area (Å²) in [5.74, 6) is -1.73. The Morgan fingerprint density at radius 1 is 1.38 bits per heavy atom. The molecule has 0 radical (unpaired) electrons. The average molecular weight is 329 g/mol. The standard InChI is InChI=1S/C13H13ClN2O4S/c1-9(17)10-3-4-11(12(14)5-10)6-16(8-15)13(18)7-21(2,19)20/h3-5H,6-7H2,1-2H3. The zero-order chi connectivity index (χ0) is 16.2. The number of halogens is 1. The van der Waals surface area contributed by atoms with Crippen molar-refractivity contribution >= 4 is 33.1 Å². The summed E-state index contributed by atoms with van der Waals surface area (Å²) in [6.45, 7) is 1.24. The van der Waals surface area contributed by atoms with Crippen molar-refractivity contribution in [2.75, 3.05) is 12.0 Å². The number of carbonyl (C=O) groups excluding carboxylic acids is 2. The van der Waals surface area contributed by atoms with Crippen molar-refractivity contribution in [1.29, 1.82) is 5.26 Å². The first kappa shape index (κ1) is 17.1. The molecule has 0 atom stereocenters. The van der Waals surface area contributed by atoms with E-state index in [0.717, 1.165) is 11.2 Å². The van der Waals surface area contributed by atoms with Crippen LogP contribution in [0, 0.1) is 11.5 Å². The van der Waals surface area contributed by atoms with Gasteiger partial charge in [-0.05, 0) is 18.6 Å². The minimum atomic E-state index is -3.52. The Morgan fingerprint density at radius 3 is 2.43 bits per heavy atom. The second kappa shape index (κ2) is 6.70. The molecule has 0 heterocycles. The lowest BCUT2D eigenvalue weighted by Crippen LogP contribution is -2.31. The summed E-state index contributed by atoms with van der Waals surface area (Å²) in [4.78, 5) is 23.6. The summed E-state index contributed by atoms with van der Waals surface area (Å²) in [5, 5.41) is 9.18. The number of amides is 1. The van der Waals surface area contributed by atoms with Crippen molar-refractivity contribution in [3.05, 3.63) is 34.3 Å². The molecule has 112 valence electrons. The third kappa shape index (κ3) is 5.17. The van der Waals surface area contributed by atoms with Gasteiger partial charge >= 0.3 is 0 Å². The zero-order valence-corrected chi connectivity index (χ0v) is 13.0. The lowest BCUT2D eigenvalue weighted by molar-refractivity contribution is -0.125. The van der Waals surface area contributed by atoms with Gasteiger partial charge in [-0.15, -0.1) is 0 Å². The molecule has 0 saturated heterocycles. The number of nitrogens with zero attached hydrogens (tertiary/aromatic N) is 2. The van der Waals surface area contributed by atoms with Crippen molar-refractivity contribution in [3.63, 3.8) is 0 Å². The van der Waals surface area contributed by atoms with Crippen LogP contribution in [0.1, 0.15) is 22.8 Å². The molecule has 1 amide bonds. The van der Waals surface area contributed by atoms with E-state index < -0.39 is 21.5 Å². The molecule has 1 aromatic carbocycles. The van der Waals surface area contributed by atoms with Gasteiger partial charge in [0.05, 0.1) is 6.54 Å². The van der Waals surface area contributed by atoms with Crippen LogP contribution in [0.4, 0.5) is 0 Å². The van der Waals surface area contributed by atoms with Crippen molar-refractivity contribution < 1.29 is 18.0 Å². The van der Waals surface area contributed by atoms with E-state index in [2.05, 4.69) is 0 Å². The lowest BCUT2D eigenvalue weighted by atomic mass is 10.1. The summed E-state index contributed by atoms with van der Waals surface area (Å²) >= 11 is 5.99. The summed E-state index contributed by atoms with van der Waals surface area (Å²) < 4.78 is 22.2. The SMILES string of the molecule is CC(=O)c1ccc(CN(C#N)C(=O)CS(C)(=O)=O)c(Cl)c1. The topological polar surface area (TPSA) is 95.3 Å². The highest BCUT2D eigenvalue weighted by molar-refractivity contribution is 7.91. The van der Waals surface area contributed by atoms with Crippen LogP contribution in [0.3, 0.4) is 0 Å². The van der Waals surface area contributed by atoms with Gasteiger partial charge in [0.25, 0.3) is 5.91 Å². The first-order valence-electron chi connectivity index (χ1n) is 5.81. The molecule has 0 fully saturated rings. The smallest absolute Gasteiger partial charge is 0.251 e. The molecule has 0 aliphatic carbocycles. The molecule has 0 spiro atoms. The van der Waals surface area contributed by atoms with Crippen LogP contribution in [0.15, 0.2) is 18.2 Å². The number of rotatable bonds is 5. The fourth-order valence-electron chi connectivity index (χ4n) is 1.55. The molecule has 1 aromatic rings. The highest BCUT2D eigenvalue weighted by Gasteiger charge is 2.19. The largest absolute Gasteiger partial charge is 0.295 e. The van der Waals surface area contributed by atoms with Crippen molar-refractivity contribution in [2.24, 2.45) is 0 Å². The molecule has 0 aliphatic rings. The number of ketones is 1. The molecule has 0 N–H and O–H groups in total. The number of nitriles is 1. The van der Waals surface area contributed by atoms with Crippen LogP contribution in [0.25, 0.3) is 0 Å². The van der Waals surface area contributed by atoms with Gasteiger partial charge in [-0.3, -0.25) is 9.59 Å². The summed E-state index contributed by atoms with van der Waals surface area (Å²) in [6, 6.07) is 4.49. The van der Waals surface area contributed by atoms with E-state index in [1.54, 1.807) is 6.19 Å². The van der Waals surface area contributed by atoms with Crippen molar-refractivity contribution in [3.8, 4) is 6.19 Å². The van der Waals surface area contributed by atoms with E-state index in [0.29, 0.717) is 11.1 Å². The van der Waals surface area contributed by atoms with Gasteiger partial charge in [-0.1, -0.05) is 23.7 Å². The van der Waals surface area contributed by atoms with E-state index >= 15 is 0 Å². The van der Waals surface area contributed by atoms with Gasteiger partial charge in [0.15, 0.2) is 21.8 Å². The predicted molar refractivity (Wildman–Crippen MR) is 77.3 cm³/mol. The Kier molecular flexibility index (Phi) is 5.47. The Hall–Kier alpha value is -1.91. The maximum absolute atomic E-state index is 11.7. The Bertz CT molecular complexity index is 722. The molecule has 0 unspecified atom stereocenters. The highest BCUT2D eigenvalue weighted by Crippen LogP contribution is 2.20. The Labute approximate surface area is 127 Å². The van der Waals surface area contributed by atoms with Crippen LogP contribution >= 0.6 is 11.6 Å². The van der Waals surface area contributed by atoms with Crippen LogP contribution in [0.5, 0.6) is 0 Å². The quantitative estimate of drug-likeness (QED) is 0.462. The monoisotopic (exact) mass is 328 g/mol. The molecule has 0 aliphatic heterocycles. The predicted octanol–water partition coefficient (Wildman–Crippen LogP) is 1.40. The molecule has 0 bridgehead atoms. The number of Topliss-reactive ketones (excluding diaryl/α,β-unsaturated/α-hetero) is 1. The van der Waals surface area contributed by atoms with E-state index in [4.69, 9.17) is 16.9 Å².